The zero-order valence-corrected chi connectivity index (χ0v) is 15.5. The molecule has 1 aliphatic rings. The first-order valence-corrected chi connectivity index (χ1v) is 9.01. The third-order valence-electron chi connectivity index (χ3n) is 4.77. The molecule has 0 spiro atoms. The van der Waals surface area contributed by atoms with E-state index < -0.39 is 0 Å². The number of carbonyl (C=O) groups is 1. The van der Waals surface area contributed by atoms with Crippen LogP contribution in [0.25, 0.3) is 5.95 Å². The third kappa shape index (κ3) is 4.06. The van der Waals surface area contributed by atoms with Crippen molar-refractivity contribution in [2.24, 2.45) is 0 Å². The third-order valence-corrected chi connectivity index (χ3v) is 4.77. The minimum atomic E-state index is -0.168. The maximum absolute atomic E-state index is 12.3. The highest BCUT2D eigenvalue weighted by Crippen LogP contribution is 2.22. The lowest BCUT2D eigenvalue weighted by molar-refractivity contribution is -0.149. The van der Waals surface area contributed by atoms with Gasteiger partial charge < -0.3 is 4.74 Å². The van der Waals surface area contributed by atoms with Gasteiger partial charge in [-0.2, -0.15) is 5.10 Å². The first-order valence-electron chi connectivity index (χ1n) is 9.01. The first-order chi connectivity index (χ1) is 11.9. The quantitative estimate of drug-likeness (QED) is 0.797. The van der Waals surface area contributed by atoms with Crippen molar-refractivity contribution in [1.29, 1.82) is 0 Å². The summed E-state index contributed by atoms with van der Waals surface area (Å²) in [6, 6.07) is 1.93. The predicted octanol–water partition coefficient (Wildman–Crippen LogP) is 3.31. The Morgan fingerprint density at radius 1 is 1.12 bits per heavy atom. The second-order valence-corrected chi connectivity index (χ2v) is 6.94. The summed E-state index contributed by atoms with van der Waals surface area (Å²) in [6.07, 6.45) is 5.85. The summed E-state index contributed by atoms with van der Waals surface area (Å²) in [5.41, 5.74) is 4.41. The molecule has 6 heteroatoms. The fourth-order valence-electron chi connectivity index (χ4n) is 3.48. The van der Waals surface area contributed by atoms with Crippen molar-refractivity contribution in [3.63, 3.8) is 0 Å². The number of nitrogens with zero attached hydrogens (tertiary/aromatic N) is 4. The summed E-state index contributed by atoms with van der Waals surface area (Å²) < 4.78 is 7.37. The van der Waals surface area contributed by atoms with E-state index in [2.05, 4.69) is 15.1 Å². The van der Waals surface area contributed by atoms with Gasteiger partial charge in [0.15, 0.2) is 0 Å². The van der Waals surface area contributed by atoms with Gasteiger partial charge in [0.2, 0.25) is 0 Å². The van der Waals surface area contributed by atoms with Crippen LogP contribution in [-0.2, 0) is 16.0 Å². The van der Waals surface area contributed by atoms with Gasteiger partial charge in [-0.3, -0.25) is 4.79 Å². The van der Waals surface area contributed by atoms with Gasteiger partial charge in [-0.15, -0.1) is 0 Å². The molecule has 1 saturated carbocycles. The van der Waals surface area contributed by atoms with Crippen molar-refractivity contribution in [3.8, 4) is 5.95 Å². The van der Waals surface area contributed by atoms with E-state index in [0.29, 0.717) is 5.95 Å². The summed E-state index contributed by atoms with van der Waals surface area (Å²) in [5, 5.41) is 4.55. The lowest BCUT2D eigenvalue weighted by Crippen LogP contribution is -2.22. The summed E-state index contributed by atoms with van der Waals surface area (Å²) in [7, 11) is 0. The molecule has 2 aromatic rings. The van der Waals surface area contributed by atoms with E-state index in [9.17, 15) is 4.79 Å². The normalized spacial score (nSPS) is 15.4. The number of ether oxygens (including phenoxy) is 1. The van der Waals surface area contributed by atoms with Gasteiger partial charge in [0.25, 0.3) is 5.95 Å². The van der Waals surface area contributed by atoms with Crippen LogP contribution in [0.5, 0.6) is 0 Å². The van der Waals surface area contributed by atoms with Crippen molar-refractivity contribution >= 4 is 5.97 Å². The Hall–Kier alpha value is -2.24. The van der Waals surface area contributed by atoms with E-state index in [-0.39, 0.29) is 18.5 Å². The maximum Gasteiger partial charge on any atom is 0.310 e. The molecule has 0 bridgehead atoms. The second kappa shape index (κ2) is 7.33. The summed E-state index contributed by atoms with van der Waals surface area (Å²) >= 11 is 0. The Balaban J connectivity index is 1.78. The van der Waals surface area contributed by atoms with Crippen molar-refractivity contribution in [2.75, 3.05) is 0 Å². The highest BCUT2D eigenvalue weighted by Gasteiger charge is 2.21. The molecule has 1 aliphatic carbocycles. The van der Waals surface area contributed by atoms with E-state index in [1.165, 1.54) is 6.42 Å². The summed E-state index contributed by atoms with van der Waals surface area (Å²) in [4.78, 5) is 21.3. The molecule has 25 heavy (non-hydrogen) atoms. The lowest BCUT2D eigenvalue weighted by Gasteiger charge is -2.21. The number of hydrogen-bond acceptors (Lipinski definition) is 5. The molecule has 0 N–H and O–H groups in total. The van der Waals surface area contributed by atoms with Crippen LogP contribution in [-0.4, -0.2) is 31.8 Å². The SMILES string of the molecule is Cc1cc(C)nc(-n2nc(C)c(CC(=O)OC3CCCCC3)c2C)n1. The molecular weight excluding hydrogens is 316 g/mol. The molecular formula is C19H26N4O2. The van der Waals surface area contributed by atoms with Gasteiger partial charge in [-0.1, -0.05) is 6.42 Å². The Bertz CT molecular complexity index is 756. The minimum absolute atomic E-state index is 0.0830. The van der Waals surface area contributed by atoms with Crippen LogP contribution >= 0.6 is 0 Å². The van der Waals surface area contributed by atoms with E-state index in [4.69, 9.17) is 4.74 Å². The lowest BCUT2D eigenvalue weighted by atomic mass is 9.98. The second-order valence-electron chi connectivity index (χ2n) is 6.94. The topological polar surface area (TPSA) is 69.9 Å². The molecule has 2 aromatic heterocycles. The molecule has 2 heterocycles. The van der Waals surface area contributed by atoms with Gasteiger partial charge in [0.05, 0.1) is 12.1 Å². The van der Waals surface area contributed by atoms with Crippen molar-refractivity contribution in [1.82, 2.24) is 19.7 Å². The number of esters is 1. The molecule has 134 valence electrons. The zero-order chi connectivity index (χ0) is 18.0. The van der Waals surface area contributed by atoms with Gasteiger partial charge in [0, 0.05) is 22.6 Å². The average molecular weight is 342 g/mol. The molecule has 0 atom stereocenters. The van der Waals surface area contributed by atoms with Gasteiger partial charge in [-0.05, 0) is 59.4 Å². The Morgan fingerprint density at radius 2 is 1.76 bits per heavy atom. The van der Waals surface area contributed by atoms with Gasteiger partial charge in [0.1, 0.15) is 6.10 Å². The molecule has 6 nitrogen and oxygen atoms in total. The van der Waals surface area contributed by atoms with Crippen molar-refractivity contribution < 1.29 is 9.53 Å². The molecule has 0 aliphatic heterocycles. The van der Waals surface area contributed by atoms with Crippen LogP contribution in [0.2, 0.25) is 0 Å². The monoisotopic (exact) mass is 342 g/mol. The standard InChI is InChI=1S/C19H26N4O2/c1-12-10-13(2)21-19(20-12)23-15(4)17(14(3)22-23)11-18(24)25-16-8-6-5-7-9-16/h10,16H,5-9,11H2,1-4H3. The average Bonchev–Trinajstić information content (AvgIpc) is 2.83. The molecule has 0 amide bonds. The predicted molar refractivity (Wildman–Crippen MR) is 94.8 cm³/mol. The highest BCUT2D eigenvalue weighted by atomic mass is 16.5. The number of aromatic nitrogens is 4. The van der Waals surface area contributed by atoms with Gasteiger partial charge >= 0.3 is 5.97 Å². The Morgan fingerprint density at radius 3 is 2.40 bits per heavy atom. The van der Waals surface area contributed by atoms with E-state index in [1.54, 1.807) is 4.68 Å². The molecule has 3 rings (SSSR count). The van der Waals surface area contributed by atoms with E-state index >= 15 is 0 Å². The minimum Gasteiger partial charge on any atom is -0.462 e. The van der Waals surface area contributed by atoms with Crippen LogP contribution < -0.4 is 0 Å². The molecule has 0 unspecified atom stereocenters. The van der Waals surface area contributed by atoms with Crippen LogP contribution in [0.3, 0.4) is 0 Å². The van der Waals surface area contributed by atoms with Crippen LogP contribution in [0, 0.1) is 27.7 Å². The molecule has 0 aromatic carbocycles. The number of hydrogen-bond donors (Lipinski definition) is 0. The number of rotatable bonds is 4. The number of aryl methyl sites for hydroxylation is 3. The first kappa shape index (κ1) is 17.6. The van der Waals surface area contributed by atoms with E-state index in [0.717, 1.165) is 54.0 Å². The van der Waals surface area contributed by atoms with Crippen molar-refractivity contribution in [3.05, 3.63) is 34.4 Å². The largest absolute Gasteiger partial charge is 0.462 e. The fraction of sp³-hybridized carbons (Fsp3) is 0.579. The van der Waals surface area contributed by atoms with Crippen LogP contribution in [0.1, 0.15) is 60.4 Å². The number of carbonyl (C=O) groups excluding carboxylic acids is 1. The Labute approximate surface area is 148 Å². The van der Waals surface area contributed by atoms with Crippen LogP contribution in [0.15, 0.2) is 6.07 Å². The maximum atomic E-state index is 12.3. The summed E-state index contributed by atoms with van der Waals surface area (Å²) in [5.74, 6) is 0.379. The Kier molecular flexibility index (Phi) is 5.16. The van der Waals surface area contributed by atoms with Gasteiger partial charge in [-0.25, -0.2) is 14.6 Å². The molecule has 0 radical (unpaired) electrons. The highest BCUT2D eigenvalue weighted by molar-refractivity contribution is 5.73. The fourth-order valence-corrected chi connectivity index (χ4v) is 3.48. The van der Waals surface area contributed by atoms with Crippen LogP contribution in [0.4, 0.5) is 0 Å². The molecule has 1 fully saturated rings. The molecule has 0 saturated heterocycles. The van der Waals surface area contributed by atoms with Crippen molar-refractivity contribution in [2.45, 2.75) is 72.3 Å². The van der Waals surface area contributed by atoms with E-state index in [1.807, 2.05) is 33.8 Å². The summed E-state index contributed by atoms with van der Waals surface area (Å²) in [6.45, 7) is 7.73. The smallest absolute Gasteiger partial charge is 0.310 e. The zero-order valence-electron chi connectivity index (χ0n) is 15.5.